The van der Waals surface area contributed by atoms with Crippen LogP contribution < -0.4 is 4.74 Å². The van der Waals surface area contributed by atoms with Gasteiger partial charge in [0, 0.05) is 23.5 Å². The van der Waals surface area contributed by atoms with E-state index >= 15 is 0 Å². The number of rotatable bonds is 8. The maximum absolute atomic E-state index is 12.4. The second-order valence-corrected chi connectivity index (χ2v) is 9.79. The van der Waals surface area contributed by atoms with Gasteiger partial charge in [0.15, 0.2) is 0 Å². The zero-order chi connectivity index (χ0) is 23.2. The number of carbonyl (C=O) groups is 1. The van der Waals surface area contributed by atoms with Crippen molar-refractivity contribution in [2.45, 2.75) is 32.1 Å². The molecule has 0 saturated carbocycles. The minimum Gasteiger partial charge on any atom is -0.493 e. The molecular weight excluding hydrogens is 485 g/mol. The van der Waals surface area contributed by atoms with Crippen LogP contribution in [0.25, 0.3) is 5.57 Å². The van der Waals surface area contributed by atoms with Gasteiger partial charge in [0.1, 0.15) is 5.75 Å². The average molecular weight is 516 g/mol. The minimum absolute atomic E-state index is 0.243. The van der Waals surface area contributed by atoms with E-state index < -0.39 is 0 Å². The molecule has 4 nitrogen and oxygen atoms in total. The van der Waals surface area contributed by atoms with Crippen LogP contribution in [0.2, 0.25) is 0 Å². The van der Waals surface area contributed by atoms with Gasteiger partial charge in [-0.3, -0.25) is 4.39 Å². The maximum Gasteiger partial charge on any atom is 0.337 e. The lowest BCUT2D eigenvalue weighted by Crippen LogP contribution is -2.23. The first-order valence-corrected chi connectivity index (χ1v) is 12.5. The Bertz CT molecular complexity index is 1000. The number of benzene rings is 2. The maximum atomic E-state index is 12.4. The molecule has 1 heterocycles. The Hall–Kier alpha value is -2.18. The summed E-state index contributed by atoms with van der Waals surface area (Å²) in [6, 6.07) is 14.1. The van der Waals surface area contributed by atoms with Crippen molar-refractivity contribution in [3.8, 4) is 5.75 Å². The SMILES string of the molecule is COC(=O)c1ccc2c(c1)CCCC(Br)=C2c1ccc(OCC2CCN(CCCF)C2)cc1. The Morgan fingerprint density at radius 3 is 2.76 bits per heavy atom. The fourth-order valence-electron chi connectivity index (χ4n) is 4.77. The Morgan fingerprint density at radius 1 is 1.18 bits per heavy atom. The van der Waals surface area contributed by atoms with E-state index in [0.29, 0.717) is 24.5 Å². The number of methoxy groups -OCH3 is 1. The van der Waals surface area contributed by atoms with Gasteiger partial charge in [-0.1, -0.05) is 34.1 Å². The number of fused-ring (bicyclic) bond motifs is 1. The highest BCUT2D eigenvalue weighted by molar-refractivity contribution is 9.11. The van der Waals surface area contributed by atoms with Crippen LogP contribution in [0, 0.1) is 5.92 Å². The monoisotopic (exact) mass is 515 g/mol. The van der Waals surface area contributed by atoms with Gasteiger partial charge in [-0.25, -0.2) is 4.79 Å². The number of hydrogen-bond acceptors (Lipinski definition) is 4. The highest BCUT2D eigenvalue weighted by Gasteiger charge is 2.23. The third kappa shape index (κ3) is 5.85. The van der Waals surface area contributed by atoms with Gasteiger partial charge in [-0.2, -0.15) is 0 Å². The van der Waals surface area contributed by atoms with Crippen molar-refractivity contribution in [1.29, 1.82) is 0 Å². The van der Waals surface area contributed by atoms with E-state index in [-0.39, 0.29) is 12.6 Å². The summed E-state index contributed by atoms with van der Waals surface area (Å²) in [4.78, 5) is 14.3. The fraction of sp³-hybridized carbons (Fsp3) is 0.444. The van der Waals surface area contributed by atoms with Crippen molar-refractivity contribution in [3.05, 3.63) is 69.2 Å². The number of alkyl halides is 1. The van der Waals surface area contributed by atoms with Crippen LogP contribution in [0.4, 0.5) is 4.39 Å². The van der Waals surface area contributed by atoms with E-state index in [0.717, 1.165) is 62.2 Å². The van der Waals surface area contributed by atoms with Crippen LogP contribution in [0.3, 0.4) is 0 Å². The average Bonchev–Trinajstić information content (AvgIpc) is 3.23. The van der Waals surface area contributed by atoms with E-state index in [1.165, 1.54) is 22.7 Å². The standard InChI is InChI=1S/C27H31BrFNO3/c1-32-27(31)22-8-11-24-21(16-22)4-2-5-25(28)26(24)20-6-9-23(10-7-20)33-18-19-12-15-30(17-19)14-3-13-29/h6-11,16,19H,2-5,12-15,17-18H2,1H3. The molecular formula is C27H31BrFNO3. The lowest BCUT2D eigenvalue weighted by molar-refractivity contribution is 0.0600. The lowest BCUT2D eigenvalue weighted by atomic mass is 9.92. The van der Waals surface area contributed by atoms with Crippen LogP contribution in [0.5, 0.6) is 5.75 Å². The van der Waals surface area contributed by atoms with Crippen LogP contribution in [0.15, 0.2) is 46.9 Å². The summed E-state index contributed by atoms with van der Waals surface area (Å²) in [6.07, 6.45) is 4.62. The predicted molar refractivity (Wildman–Crippen MR) is 133 cm³/mol. The Morgan fingerprint density at radius 2 is 2.00 bits per heavy atom. The first-order chi connectivity index (χ1) is 16.1. The third-order valence-electron chi connectivity index (χ3n) is 6.52. The molecule has 1 fully saturated rings. The number of esters is 1. The summed E-state index contributed by atoms with van der Waals surface area (Å²) in [7, 11) is 1.41. The van der Waals surface area contributed by atoms with Gasteiger partial charge in [-0.15, -0.1) is 0 Å². The lowest BCUT2D eigenvalue weighted by Gasteiger charge is -2.16. The van der Waals surface area contributed by atoms with Crippen molar-refractivity contribution in [1.82, 2.24) is 4.90 Å². The second kappa shape index (κ2) is 11.3. The number of ether oxygens (including phenoxy) is 2. The number of likely N-dealkylation sites (tertiary alicyclic amines) is 1. The van der Waals surface area contributed by atoms with E-state index in [1.54, 1.807) is 0 Å². The molecule has 0 aromatic heterocycles. The molecule has 0 amide bonds. The predicted octanol–water partition coefficient (Wildman–Crippen LogP) is 6.02. The zero-order valence-electron chi connectivity index (χ0n) is 19.1. The van der Waals surface area contributed by atoms with Crippen molar-refractivity contribution in [3.63, 3.8) is 0 Å². The first-order valence-electron chi connectivity index (χ1n) is 11.7. The van der Waals surface area contributed by atoms with Gasteiger partial charge in [0.25, 0.3) is 0 Å². The molecule has 2 aromatic rings. The van der Waals surface area contributed by atoms with Crippen molar-refractivity contribution >= 4 is 27.5 Å². The van der Waals surface area contributed by atoms with E-state index in [4.69, 9.17) is 9.47 Å². The van der Waals surface area contributed by atoms with Gasteiger partial charge in [-0.05, 0) is 85.2 Å². The van der Waals surface area contributed by atoms with Crippen LogP contribution >= 0.6 is 15.9 Å². The molecule has 0 N–H and O–H groups in total. The normalized spacial score (nSPS) is 18.7. The highest BCUT2D eigenvalue weighted by Crippen LogP contribution is 2.38. The fourth-order valence-corrected chi connectivity index (χ4v) is 5.50. The third-order valence-corrected chi connectivity index (χ3v) is 7.31. The molecule has 6 heteroatoms. The van der Waals surface area contributed by atoms with Gasteiger partial charge < -0.3 is 14.4 Å². The quantitative estimate of drug-likeness (QED) is 0.402. The number of allylic oxidation sites excluding steroid dienone is 1. The van der Waals surface area contributed by atoms with Crippen LogP contribution in [-0.4, -0.2) is 50.9 Å². The number of hydrogen-bond donors (Lipinski definition) is 0. The summed E-state index contributed by atoms with van der Waals surface area (Å²) in [6.45, 7) is 3.31. The van der Waals surface area contributed by atoms with Crippen molar-refractivity contribution in [2.24, 2.45) is 5.92 Å². The zero-order valence-corrected chi connectivity index (χ0v) is 20.7. The molecule has 0 spiro atoms. The van der Waals surface area contributed by atoms with Gasteiger partial charge >= 0.3 is 5.97 Å². The van der Waals surface area contributed by atoms with Crippen molar-refractivity contribution < 1.29 is 18.7 Å². The second-order valence-electron chi connectivity index (χ2n) is 8.83. The molecule has 4 rings (SSSR count). The Balaban J connectivity index is 1.45. The molecule has 1 atom stereocenters. The molecule has 2 aliphatic rings. The van der Waals surface area contributed by atoms with E-state index in [9.17, 15) is 9.18 Å². The Labute approximate surface area is 203 Å². The molecule has 176 valence electrons. The summed E-state index contributed by atoms with van der Waals surface area (Å²) in [5, 5.41) is 0. The highest BCUT2D eigenvalue weighted by atomic mass is 79.9. The van der Waals surface area contributed by atoms with E-state index in [2.05, 4.69) is 33.0 Å². The van der Waals surface area contributed by atoms with Crippen LogP contribution in [-0.2, 0) is 11.2 Å². The molecule has 2 aromatic carbocycles. The topological polar surface area (TPSA) is 38.8 Å². The first kappa shape index (κ1) is 24.0. The molecule has 1 aliphatic carbocycles. The smallest absolute Gasteiger partial charge is 0.337 e. The summed E-state index contributed by atoms with van der Waals surface area (Å²) in [5.41, 5.74) is 5.21. The molecule has 0 radical (unpaired) electrons. The minimum atomic E-state index is -0.305. The number of halogens is 2. The van der Waals surface area contributed by atoms with E-state index in [1.807, 2.05) is 30.3 Å². The summed E-state index contributed by atoms with van der Waals surface area (Å²) >= 11 is 3.82. The van der Waals surface area contributed by atoms with Crippen LogP contribution in [0.1, 0.15) is 52.7 Å². The molecule has 0 bridgehead atoms. The molecule has 1 saturated heterocycles. The molecule has 33 heavy (non-hydrogen) atoms. The van der Waals surface area contributed by atoms with Gasteiger partial charge in [0.2, 0.25) is 0 Å². The number of nitrogens with zero attached hydrogens (tertiary/aromatic N) is 1. The molecule has 1 unspecified atom stereocenters. The summed E-state index contributed by atoms with van der Waals surface area (Å²) < 4.78 is 24.6. The summed E-state index contributed by atoms with van der Waals surface area (Å²) in [5.74, 6) is 1.06. The number of aryl methyl sites for hydroxylation is 1. The van der Waals surface area contributed by atoms with Gasteiger partial charge in [0.05, 0.1) is 26.0 Å². The van der Waals surface area contributed by atoms with Crippen molar-refractivity contribution in [2.75, 3.05) is 40.0 Å². The Kier molecular flexibility index (Phi) is 8.20. The number of carbonyl (C=O) groups excluding carboxylic acids is 1. The molecule has 1 aliphatic heterocycles. The largest absolute Gasteiger partial charge is 0.493 e.